The lowest BCUT2D eigenvalue weighted by molar-refractivity contribution is -0.131. The fourth-order valence-electron chi connectivity index (χ4n) is 2.28. The Kier molecular flexibility index (Phi) is 4.40. The molecular formula is C18H20O4. The van der Waals surface area contributed by atoms with Crippen molar-refractivity contribution in [2.24, 2.45) is 5.41 Å². The second-order valence-corrected chi connectivity index (χ2v) is 6.12. The zero-order valence-electron chi connectivity index (χ0n) is 13.0. The van der Waals surface area contributed by atoms with Gasteiger partial charge in [-0.05, 0) is 36.3 Å². The van der Waals surface area contributed by atoms with E-state index in [0.717, 1.165) is 17.2 Å². The molecule has 0 saturated heterocycles. The molecule has 0 radical (unpaired) electrons. The maximum absolute atomic E-state index is 10.7. The van der Waals surface area contributed by atoms with Crippen molar-refractivity contribution >= 4 is 11.5 Å². The van der Waals surface area contributed by atoms with Crippen molar-refractivity contribution in [2.75, 3.05) is 6.61 Å². The van der Waals surface area contributed by atoms with E-state index in [2.05, 4.69) is 19.9 Å². The number of carbonyl (C=O) groups is 1. The van der Waals surface area contributed by atoms with Gasteiger partial charge in [-0.15, -0.1) is 0 Å². The van der Waals surface area contributed by atoms with E-state index in [9.17, 15) is 9.90 Å². The van der Waals surface area contributed by atoms with E-state index in [-0.39, 0.29) is 11.2 Å². The van der Waals surface area contributed by atoms with Gasteiger partial charge in [-0.25, -0.2) is 4.79 Å². The standard InChI is InChI=1S/C18H20O4/c1-12(8-17(20)21)4-5-13-10-18(2,3)11-22-16-7-6-14(19)9-15(13)16/h4-10,19H,11H2,1-3H3,(H,20,21). The molecule has 0 unspecified atom stereocenters. The number of fused-ring (bicyclic) bond motifs is 1. The Morgan fingerprint density at radius 3 is 2.77 bits per heavy atom. The first kappa shape index (κ1) is 15.9. The van der Waals surface area contributed by atoms with Gasteiger partial charge in [0.1, 0.15) is 11.5 Å². The molecule has 116 valence electrons. The third-order valence-electron chi connectivity index (χ3n) is 3.30. The van der Waals surface area contributed by atoms with Crippen LogP contribution in [0.3, 0.4) is 0 Å². The first-order valence-corrected chi connectivity index (χ1v) is 7.05. The first-order chi connectivity index (χ1) is 10.3. The van der Waals surface area contributed by atoms with E-state index in [0.29, 0.717) is 17.9 Å². The predicted octanol–water partition coefficient (Wildman–Crippen LogP) is 3.78. The Balaban J connectivity index is 2.46. The summed E-state index contributed by atoms with van der Waals surface area (Å²) in [6.07, 6.45) is 6.82. The number of carboxylic acids is 1. The molecule has 0 aromatic heterocycles. The molecule has 0 aliphatic carbocycles. The highest BCUT2D eigenvalue weighted by Crippen LogP contribution is 2.37. The molecule has 1 aromatic rings. The topological polar surface area (TPSA) is 66.8 Å². The molecule has 1 heterocycles. The summed E-state index contributed by atoms with van der Waals surface area (Å²) < 4.78 is 5.81. The number of phenols is 1. The van der Waals surface area contributed by atoms with Crippen molar-refractivity contribution in [3.8, 4) is 11.5 Å². The molecule has 2 N–H and O–H groups in total. The van der Waals surface area contributed by atoms with Gasteiger partial charge in [-0.1, -0.05) is 32.1 Å². The summed E-state index contributed by atoms with van der Waals surface area (Å²) >= 11 is 0. The maximum Gasteiger partial charge on any atom is 0.328 e. The molecule has 1 aliphatic rings. The van der Waals surface area contributed by atoms with Crippen LogP contribution in [-0.4, -0.2) is 22.8 Å². The molecular weight excluding hydrogens is 280 g/mol. The van der Waals surface area contributed by atoms with Gasteiger partial charge in [0, 0.05) is 17.1 Å². The molecule has 0 saturated carbocycles. The predicted molar refractivity (Wildman–Crippen MR) is 85.9 cm³/mol. The summed E-state index contributed by atoms with van der Waals surface area (Å²) in [4.78, 5) is 10.7. The molecule has 1 aliphatic heterocycles. The van der Waals surface area contributed by atoms with Crippen LogP contribution < -0.4 is 4.74 Å². The number of aromatic hydroxyl groups is 1. The van der Waals surface area contributed by atoms with Crippen molar-refractivity contribution in [2.45, 2.75) is 20.8 Å². The fraction of sp³-hybridized carbons (Fsp3) is 0.278. The number of phenolic OH excluding ortho intramolecular Hbond substituents is 1. The van der Waals surface area contributed by atoms with Crippen molar-refractivity contribution in [3.05, 3.63) is 53.6 Å². The van der Waals surface area contributed by atoms with E-state index in [4.69, 9.17) is 9.84 Å². The Morgan fingerprint density at radius 1 is 1.36 bits per heavy atom. The first-order valence-electron chi connectivity index (χ1n) is 7.05. The number of hydrogen-bond donors (Lipinski definition) is 2. The Bertz CT molecular complexity index is 678. The number of benzene rings is 1. The smallest absolute Gasteiger partial charge is 0.328 e. The minimum absolute atomic E-state index is 0.166. The molecule has 0 atom stereocenters. The van der Waals surface area contributed by atoms with Crippen LogP contribution in [0.1, 0.15) is 26.3 Å². The number of hydrogen-bond acceptors (Lipinski definition) is 3. The summed E-state index contributed by atoms with van der Waals surface area (Å²) in [5.41, 5.74) is 2.16. The van der Waals surface area contributed by atoms with Crippen LogP contribution in [0, 0.1) is 5.41 Å². The highest BCUT2D eigenvalue weighted by Gasteiger charge is 2.23. The van der Waals surface area contributed by atoms with Gasteiger partial charge in [0.05, 0.1) is 6.61 Å². The van der Waals surface area contributed by atoms with Gasteiger partial charge in [0.25, 0.3) is 0 Å². The molecule has 4 heteroatoms. The number of ether oxygens (including phenoxy) is 1. The minimum Gasteiger partial charge on any atom is -0.508 e. The van der Waals surface area contributed by atoms with Gasteiger partial charge in [-0.2, -0.15) is 0 Å². The second kappa shape index (κ2) is 6.10. The molecule has 0 spiro atoms. The van der Waals surface area contributed by atoms with Crippen molar-refractivity contribution in [1.29, 1.82) is 0 Å². The molecule has 0 bridgehead atoms. The van der Waals surface area contributed by atoms with Gasteiger partial charge in [0.15, 0.2) is 0 Å². The van der Waals surface area contributed by atoms with Gasteiger partial charge in [-0.3, -0.25) is 0 Å². The van der Waals surface area contributed by atoms with Crippen LogP contribution in [0.25, 0.3) is 5.57 Å². The van der Waals surface area contributed by atoms with E-state index >= 15 is 0 Å². The normalized spacial score (nSPS) is 17.4. The van der Waals surface area contributed by atoms with Crippen LogP contribution in [0.2, 0.25) is 0 Å². The number of aliphatic carboxylic acids is 1. The van der Waals surface area contributed by atoms with Gasteiger partial charge in [0.2, 0.25) is 0 Å². The maximum atomic E-state index is 10.7. The summed E-state index contributed by atoms with van der Waals surface area (Å²) in [7, 11) is 0. The largest absolute Gasteiger partial charge is 0.508 e. The summed E-state index contributed by atoms with van der Waals surface area (Å²) in [5, 5.41) is 18.5. The molecule has 2 rings (SSSR count). The van der Waals surface area contributed by atoms with Gasteiger partial charge >= 0.3 is 5.97 Å². The third kappa shape index (κ3) is 4.01. The summed E-state index contributed by atoms with van der Waals surface area (Å²) in [6.45, 7) is 6.39. The molecule has 1 aromatic carbocycles. The third-order valence-corrected chi connectivity index (χ3v) is 3.30. The van der Waals surface area contributed by atoms with Crippen molar-refractivity contribution in [1.82, 2.24) is 0 Å². The monoisotopic (exact) mass is 300 g/mol. The van der Waals surface area contributed by atoms with Crippen LogP contribution in [0.4, 0.5) is 0 Å². The summed E-state index contributed by atoms with van der Waals surface area (Å²) in [5.74, 6) is -0.1000. The van der Waals surface area contributed by atoms with Crippen molar-refractivity contribution in [3.63, 3.8) is 0 Å². The zero-order valence-corrected chi connectivity index (χ0v) is 13.0. The van der Waals surface area contributed by atoms with Crippen LogP contribution in [-0.2, 0) is 4.79 Å². The lowest BCUT2D eigenvalue weighted by Crippen LogP contribution is -2.17. The zero-order chi connectivity index (χ0) is 16.3. The van der Waals surface area contributed by atoms with E-state index in [1.165, 1.54) is 0 Å². The Morgan fingerprint density at radius 2 is 2.09 bits per heavy atom. The highest BCUT2D eigenvalue weighted by atomic mass is 16.5. The average molecular weight is 300 g/mol. The molecule has 0 amide bonds. The Labute approximate surface area is 130 Å². The summed E-state index contributed by atoms with van der Waals surface area (Å²) in [6, 6.07) is 4.99. The van der Waals surface area contributed by atoms with E-state index < -0.39 is 5.97 Å². The minimum atomic E-state index is -0.973. The number of carboxylic acid groups (broad SMARTS) is 1. The van der Waals surface area contributed by atoms with Crippen LogP contribution in [0.5, 0.6) is 11.5 Å². The highest BCUT2D eigenvalue weighted by molar-refractivity contribution is 5.83. The lowest BCUT2D eigenvalue weighted by atomic mass is 9.90. The molecule has 0 fully saturated rings. The average Bonchev–Trinajstić information content (AvgIpc) is 2.53. The lowest BCUT2D eigenvalue weighted by Gasteiger charge is -2.18. The van der Waals surface area contributed by atoms with Crippen molar-refractivity contribution < 1.29 is 19.7 Å². The van der Waals surface area contributed by atoms with Gasteiger partial charge < -0.3 is 14.9 Å². The van der Waals surface area contributed by atoms with Crippen LogP contribution in [0.15, 0.2) is 48.1 Å². The number of allylic oxidation sites excluding steroid dienone is 4. The molecule has 4 nitrogen and oxygen atoms in total. The SMILES string of the molecule is CC(C=CC1=CC(C)(C)COc2ccc(O)cc21)=CC(=O)O. The van der Waals surface area contributed by atoms with E-state index in [1.54, 1.807) is 31.2 Å². The van der Waals surface area contributed by atoms with Crippen LogP contribution >= 0.6 is 0 Å². The van der Waals surface area contributed by atoms with E-state index in [1.807, 2.05) is 6.08 Å². The quantitative estimate of drug-likeness (QED) is 0.658. The molecule has 22 heavy (non-hydrogen) atoms. The second-order valence-electron chi connectivity index (χ2n) is 6.12. The Hall–Kier alpha value is -2.49. The number of rotatable bonds is 3. The fourth-order valence-corrected chi connectivity index (χ4v) is 2.28.